The van der Waals surface area contributed by atoms with Crippen LogP contribution in [0.1, 0.15) is 12.3 Å². The van der Waals surface area contributed by atoms with Gasteiger partial charge in [-0.15, -0.1) is 0 Å². The summed E-state index contributed by atoms with van der Waals surface area (Å²) in [6.45, 7) is 0. The van der Waals surface area contributed by atoms with Crippen molar-refractivity contribution in [1.29, 1.82) is 0 Å². The highest BCUT2D eigenvalue weighted by molar-refractivity contribution is 6.30. The first kappa shape index (κ1) is 17.9. The van der Waals surface area contributed by atoms with Gasteiger partial charge in [-0.2, -0.15) is 4.98 Å². The van der Waals surface area contributed by atoms with Crippen molar-refractivity contribution >= 4 is 23.2 Å². The van der Waals surface area contributed by atoms with Crippen LogP contribution in [0.3, 0.4) is 0 Å². The Balaban J connectivity index is 1.61. The van der Waals surface area contributed by atoms with Gasteiger partial charge in [0.15, 0.2) is 0 Å². The van der Waals surface area contributed by atoms with E-state index < -0.39 is 0 Å². The van der Waals surface area contributed by atoms with E-state index in [4.69, 9.17) is 20.9 Å². The molecule has 6 nitrogen and oxygen atoms in total. The van der Waals surface area contributed by atoms with E-state index in [1.165, 1.54) is 0 Å². The van der Waals surface area contributed by atoms with Gasteiger partial charge in [-0.3, -0.25) is 4.79 Å². The Hall–Kier alpha value is -2.86. The van der Waals surface area contributed by atoms with Crippen LogP contribution in [0.5, 0.6) is 5.75 Å². The van der Waals surface area contributed by atoms with Crippen molar-refractivity contribution in [3.8, 4) is 17.1 Å². The summed E-state index contributed by atoms with van der Waals surface area (Å²) in [5.41, 5.74) is 1.56. The molecule has 0 saturated heterocycles. The zero-order valence-electron chi connectivity index (χ0n) is 14.5. The molecule has 0 fully saturated rings. The van der Waals surface area contributed by atoms with Gasteiger partial charge in [-0.05, 0) is 42.5 Å². The van der Waals surface area contributed by atoms with E-state index in [1.807, 2.05) is 30.3 Å². The molecule has 3 rings (SSSR count). The average Bonchev–Trinajstić information content (AvgIpc) is 3.14. The summed E-state index contributed by atoms with van der Waals surface area (Å²) in [6, 6.07) is 14.5. The molecule has 0 spiro atoms. The summed E-state index contributed by atoms with van der Waals surface area (Å²) in [5.74, 6) is 1.60. The smallest absolute Gasteiger partial charge is 0.227 e. The first-order chi connectivity index (χ1) is 12.6. The zero-order valence-corrected chi connectivity index (χ0v) is 15.2. The van der Waals surface area contributed by atoms with Crippen molar-refractivity contribution in [3.63, 3.8) is 0 Å². The first-order valence-electron chi connectivity index (χ1n) is 8.06. The number of halogens is 1. The van der Waals surface area contributed by atoms with Crippen LogP contribution in [0.4, 0.5) is 5.69 Å². The van der Waals surface area contributed by atoms with Crippen LogP contribution >= 0.6 is 11.6 Å². The second kappa shape index (κ2) is 8.01. The van der Waals surface area contributed by atoms with Crippen molar-refractivity contribution in [2.45, 2.75) is 12.8 Å². The van der Waals surface area contributed by atoms with E-state index in [0.29, 0.717) is 23.2 Å². The van der Waals surface area contributed by atoms with Crippen LogP contribution in [0, 0.1) is 0 Å². The topological polar surface area (TPSA) is 68.5 Å². The number of ether oxygens (including phenoxy) is 1. The Bertz CT molecular complexity index is 893. The highest BCUT2D eigenvalue weighted by Gasteiger charge is 2.14. The van der Waals surface area contributed by atoms with Gasteiger partial charge in [0.05, 0.1) is 7.11 Å². The standard InChI is InChI=1S/C19H18ClN3O3/c1-23(15-5-3-4-14(20)12-15)18(24)11-10-17-21-19(22-26-17)13-6-8-16(25-2)9-7-13/h3-9,12H,10-11H2,1-2H3. The average molecular weight is 372 g/mol. The number of carbonyl (C=O) groups is 1. The third-order valence-corrected chi connectivity index (χ3v) is 4.17. The molecule has 0 atom stereocenters. The molecular weight excluding hydrogens is 354 g/mol. The molecule has 1 heterocycles. The Morgan fingerprint density at radius 3 is 2.69 bits per heavy atom. The first-order valence-corrected chi connectivity index (χ1v) is 8.44. The minimum atomic E-state index is -0.0588. The summed E-state index contributed by atoms with van der Waals surface area (Å²) >= 11 is 5.97. The summed E-state index contributed by atoms with van der Waals surface area (Å²) in [4.78, 5) is 18.3. The molecule has 26 heavy (non-hydrogen) atoms. The molecule has 0 aliphatic heterocycles. The number of carbonyl (C=O) groups excluding carboxylic acids is 1. The lowest BCUT2D eigenvalue weighted by Gasteiger charge is -2.17. The van der Waals surface area contributed by atoms with Crippen molar-refractivity contribution in [3.05, 3.63) is 59.4 Å². The van der Waals surface area contributed by atoms with Crippen LogP contribution in [-0.2, 0) is 11.2 Å². The zero-order chi connectivity index (χ0) is 18.5. The van der Waals surface area contributed by atoms with Gasteiger partial charge < -0.3 is 14.2 Å². The highest BCUT2D eigenvalue weighted by Crippen LogP contribution is 2.21. The Morgan fingerprint density at radius 1 is 1.23 bits per heavy atom. The maximum Gasteiger partial charge on any atom is 0.227 e. The number of hydrogen-bond acceptors (Lipinski definition) is 5. The number of rotatable bonds is 6. The largest absolute Gasteiger partial charge is 0.497 e. The number of amides is 1. The molecule has 0 aliphatic rings. The molecule has 1 aromatic heterocycles. The molecule has 3 aromatic rings. The predicted molar refractivity (Wildman–Crippen MR) is 99.5 cm³/mol. The molecule has 134 valence electrons. The molecule has 0 N–H and O–H groups in total. The lowest BCUT2D eigenvalue weighted by Crippen LogP contribution is -2.26. The van der Waals surface area contributed by atoms with Crippen molar-refractivity contribution in [2.75, 3.05) is 19.1 Å². The van der Waals surface area contributed by atoms with E-state index in [1.54, 1.807) is 37.3 Å². The normalized spacial score (nSPS) is 10.6. The van der Waals surface area contributed by atoms with E-state index in [-0.39, 0.29) is 12.3 Å². The maximum atomic E-state index is 12.4. The maximum absolute atomic E-state index is 12.4. The van der Waals surface area contributed by atoms with Gasteiger partial charge in [0.25, 0.3) is 0 Å². The van der Waals surface area contributed by atoms with E-state index in [9.17, 15) is 4.79 Å². The number of methoxy groups -OCH3 is 1. The minimum absolute atomic E-state index is 0.0588. The molecule has 0 unspecified atom stereocenters. The molecule has 0 aliphatic carbocycles. The molecule has 0 bridgehead atoms. The van der Waals surface area contributed by atoms with Gasteiger partial charge in [0.2, 0.25) is 17.6 Å². The lowest BCUT2D eigenvalue weighted by molar-refractivity contribution is -0.118. The fourth-order valence-corrected chi connectivity index (χ4v) is 2.61. The quantitative estimate of drug-likeness (QED) is 0.655. The number of aromatic nitrogens is 2. The number of aryl methyl sites for hydroxylation is 1. The van der Waals surface area contributed by atoms with Crippen LogP contribution < -0.4 is 9.64 Å². The van der Waals surface area contributed by atoms with Gasteiger partial charge >= 0.3 is 0 Å². The van der Waals surface area contributed by atoms with Crippen molar-refractivity contribution in [2.24, 2.45) is 0 Å². The number of anilines is 1. The Labute approximate surface area is 156 Å². The van der Waals surface area contributed by atoms with Gasteiger partial charge in [0.1, 0.15) is 5.75 Å². The molecule has 2 aromatic carbocycles. The molecule has 0 radical (unpaired) electrons. The fraction of sp³-hybridized carbons (Fsp3) is 0.211. The second-order valence-electron chi connectivity index (χ2n) is 5.67. The SMILES string of the molecule is COc1ccc(-c2noc(CCC(=O)N(C)c3cccc(Cl)c3)n2)cc1. The third-order valence-electron chi connectivity index (χ3n) is 3.94. The Morgan fingerprint density at radius 2 is 2.00 bits per heavy atom. The number of hydrogen-bond donors (Lipinski definition) is 0. The molecule has 0 saturated carbocycles. The molecule has 1 amide bonds. The number of nitrogens with zero attached hydrogens (tertiary/aromatic N) is 3. The lowest BCUT2D eigenvalue weighted by atomic mass is 10.2. The van der Waals surface area contributed by atoms with Crippen molar-refractivity contribution in [1.82, 2.24) is 10.1 Å². The van der Waals surface area contributed by atoms with Gasteiger partial charge in [0, 0.05) is 36.2 Å². The van der Waals surface area contributed by atoms with Gasteiger partial charge in [-0.1, -0.05) is 22.8 Å². The van der Waals surface area contributed by atoms with Crippen LogP contribution in [0.2, 0.25) is 5.02 Å². The fourth-order valence-electron chi connectivity index (χ4n) is 2.42. The van der Waals surface area contributed by atoms with Crippen molar-refractivity contribution < 1.29 is 14.1 Å². The predicted octanol–water partition coefficient (Wildman–Crippen LogP) is 3.99. The second-order valence-corrected chi connectivity index (χ2v) is 6.11. The highest BCUT2D eigenvalue weighted by atomic mass is 35.5. The third kappa shape index (κ3) is 4.21. The van der Waals surface area contributed by atoms with E-state index in [0.717, 1.165) is 17.0 Å². The summed E-state index contributed by atoms with van der Waals surface area (Å²) < 4.78 is 10.4. The molecular formula is C19H18ClN3O3. The Kier molecular flexibility index (Phi) is 5.53. The van der Waals surface area contributed by atoms with Crippen LogP contribution in [0.15, 0.2) is 53.1 Å². The summed E-state index contributed by atoms with van der Waals surface area (Å²) in [6.07, 6.45) is 0.625. The van der Waals surface area contributed by atoms with E-state index >= 15 is 0 Å². The summed E-state index contributed by atoms with van der Waals surface area (Å²) in [7, 11) is 3.32. The summed E-state index contributed by atoms with van der Waals surface area (Å²) in [5, 5.41) is 4.55. The van der Waals surface area contributed by atoms with Gasteiger partial charge in [-0.25, -0.2) is 0 Å². The van der Waals surface area contributed by atoms with E-state index in [2.05, 4.69) is 10.1 Å². The van der Waals surface area contributed by atoms with Crippen LogP contribution in [0.25, 0.3) is 11.4 Å². The minimum Gasteiger partial charge on any atom is -0.497 e. The monoisotopic (exact) mass is 371 g/mol. The molecule has 7 heteroatoms. The van der Waals surface area contributed by atoms with Crippen LogP contribution in [-0.4, -0.2) is 30.2 Å². The number of benzene rings is 2.